The molecule has 1 aromatic carbocycles. The average molecular weight is 385 g/mol. The Hall–Kier alpha value is -1.07. The number of rotatable bonds is 8. The molecule has 1 unspecified atom stereocenters. The Bertz CT molecular complexity index is 597. The lowest BCUT2D eigenvalue weighted by Crippen LogP contribution is -2.30. The maximum absolute atomic E-state index is 9.87. The van der Waals surface area contributed by atoms with Crippen molar-refractivity contribution in [3.05, 3.63) is 39.4 Å². The van der Waals surface area contributed by atoms with E-state index < -0.39 is 6.10 Å². The molecule has 2 rings (SSSR count). The predicted octanol–water partition coefficient (Wildman–Crippen LogP) is 4.68. The first-order chi connectivity index (χ1) is 12.1. The van der Waals surface area contributed by atoms with E-state index in [0.29, 0.717) is 16.6 Å². The fourth-order valence-corrected chi connectivity index (χ4v) is 3.21. The van der Waals surface area contributed by atoms with Crippen molar-refractivity contribution in [3.8, 4) is 0 Å². The van der Waals surface area contributed by atoms with E-state index in [2.05, 4.69) is 17.4 Å². The summed E-state index contributed by atoms with van der Waals surface area (Å²) in [7, 11) is 0. The summed E-state index contributed by atoms with van der Waals surface area (Å²) < 4.78 is 0. The van der Waals surface area contributed by atoms with Crippen molar-refractivity contribution in [2.45, 2.75) is 45.1 Å². The maximum Gasteiger partial charge on any atom is 0.144 e. The van der Waals surface area contributed by atoms with E-state index in [1.165, 1.54) is 0 Å². The number of oxime groups is 1. The lowest BCUT2D eigenvalue weighted by Gasteiger charge is -2.18. The number of hydrogen-bond donors (Lipinski definition) is 2. The molecular weight excluding hydrogens is 359 g/mol. The molecule has 0 saturated heterocycles. The predicted molar refractivity (Wildman–Crippen MR) is 105 cm³/mol. The van der Waals surface area contributed by atoms with E-state index >= 15 is 0 Å². The molecule has 0 amide bonds. The Morgan fingerprint density at radius 2 is 2.00 bits per heavy atom. The third kappa shape index (κ3) is 6.63. The lowest BCUT2D eigenvalue weighted by molar-refractivity contribution is 0.0401. The van der Waals surface area contributed by atoms with E-state index in [1.807, 2.05) is 24.3 Å². The van der Waals surface area contributed by atoms with Gasteiger partial charge in [-0.1, -0.05) is 41.3 Å². The molecule has 1 atom stereocenters. The number of allylic oxidation sites excluding steroid dienone is 1. The van der Waals surface area contributed by atoms with Crippen LogP contribution in [0.1, 0.15) is 44.6 Å². The van der Waals surface area contributed by atoms with E-state index in [9.17, 15) is 5.11 Å². The number of halogens is 2. The first kappa shape index (κ1) is 20.2. The summed E-state index contributed by atoms with van der Waals surface area (Å²) in [6.45, 7) is 3.66. The minimum atomic E-state index is -0.565. The summed E-state index contributed by atoms with van der Waals surface area (Å²) in [5, 5.41) is 18.5. The van der Waals surface area contributed by atoms with Crippen molar-refractivity contribution >= 4 is 35.0 Å². The van der Waals surface area contributed by atoms with Gasteiger partial charge in [0.2, 0.25) is 0 Å². The highest BCUT2D eigenvalue weighted by Gasteiger charge is 2.16. The van der Waals surface area contributed by atoms with Gasteiger partial charge in [0.05, 0.1) is 5.71 Å². The van der Waals surface area contributed by atoms with Crippen LogP contribution in [-0.4, -0.2) is 36.6 Å². The van der Waals surface area contributed by atoms with Crippen LogP contribution in [0.3, 0.4) is 0 Å². The molecule has 2 N–H and O–H groups in total. The van der Waals surface area contributed by atoms with Gasteiger partial charge in [-0.05, 0) is 62.4 Å². The Morgan fingerprint density at radius 1 is 1.28 bits per heavy atom. The minimum Gasteiger partial charge on any atom is -0.393 e. The molecule has 0 bridgehead atoms. The topological polar surface area (TPSA) is 53.8 Å². The summed E-state index contributed by atoms with van der Waals surface area (Å²) in [4.78, 5) is 5.39. The Morgan fingerprint density at radius 3 is 2.72 bits per heavy atom. The second kappa shape index (κ2) is 10.8. The van der Waals surface area contributed by atoms with E-state index in [0.717, 1.165) is 55.5 Å². The molecular formula is C19H26Cl2N2O2. The van der Waals surface area contributed by atoms with Crippen molar-refractivity contribution in [2.24, 2.45) is 5.16 Å². The van der Waals surface area contributed by atoms with Crippen molar-refractivity contribution in [1.29, 1.82) is 0 Å². The third-order valence-electron chi connectivity index (χ3n) is 4.05. The number of aliphatic hydroxyl groups excluding tert-OH is 1. The number of nitrogens with one attached hydrogen (secondary N) is 1. The second-order valence-electron chi connectivity index (χ2n) is 6.20. The van der Waals surface area contributed by atoms with Crippen LogP contribution in [0.25, 0.3) is 6.08 Å². The standard InChI is InChI=1S/C19H26Cl2N2O2/c1-2-10-22-12-15(24)13-25-23-19-9-4-3-6-14(19)11-16-17(20)7-5-8-18(16)21/h5,7-8,11,15,22,24H,2-4,6,9-10,12-13H2,1H3/b14-11+,23-19+. The molecule has 25 heavy (non-hydrogen) atoms. The summed E-state index contributed by atoms with van der Waals surface area (Å²) in [6.07, 6.45) is 6.44. The van der Waals surface area contributed by atoms with Crippen molar-refractivity contribution in [1.82, 2.24) is 5.32 Å². The molecule has 0 aromatic heterocycles. The molecule has 0 radical (unpaired) electrons. The van der Waals surface area contributed by atoms with Crippen LogP contribution in [0, 0.1) is 0 Å². The van der Waals surface area contributed by atoms with Gasteiger partial charge in [0.25, 0.3) is 0 Å². The lowest BCUT2D eigenvalue weighted by atomic mass is 9.91. The first-order valence-electron chi connectivity index (χ1n) is 8.84. The van der Waals surface area contributed by atoms with Gasteiger partial charge in [0, 0.05) is 22.2 Å². The van der Waals surface area contributed by atoms with E-state index in [1.54, 1.807) is 0 Å². The number of hydrogen-bond acceptors (Lipinski definition) is 4. The van der Waals surface area contributed by atoms with Crippen LogP contribution in [0.5, 0.6) is 0 Å². The van der Waals surface area contributed by atoms with Crippen molar-refractivity contribution in [2.75, 3.05) is 19.7 Å². The SMILES string of the molecule is CCCNCC(O)CO/N=C1\CCCC\C1=C/c1c(Cl)cccc1Cl. The van der Waals surface area contributed by atoms with Crippen LogP contribution in [-0.2, 0) is 4.84 Å². The van der Waals surface area contributed by atoms with Gasteiger partial charge >= 0.3 is 0 Å². The summed E-state index contributed by atoms with van der Waals surface area (Å²) in [5.74, 6) is 0. The highest BCUT2D eigenvalue weighted by molar-refractivity contribution is 6.37. The fourth-order valence-electron chi connectivity index (χ4n) is 2.70. The largest absolute Gasteiger partial charge is 0.393 e. The number of aliphatic hydroxyl groups is 1. The Labute approximate surface area is 159 Å². The third-order valence-corrected chi connectivity index (χ3v) is 4.71. The number of nitrogens with zero attached hydrogens (tertiary/aromatic N) is 1. The normalized spacial score (nSPS) is 19.4. The van der Waals surface area contributed by atoms with Crippen LogP contribution >= 0.6 is 23.2 Å². The van der Waals surface area contributed by atoms with E-state index in [4.69, 9.17) is 28.0 Å². The Kier molecular flexibility index (Phi) is 8.76. The van der Waals surface area contributed by atoms with Crippen LogP contribution in [0.2, 0.25) is 10.0 Å². The van der Waals surface area contributed by atoms with Crippen molar-refractivity contribution in [3.63, 3.8) is 0 Å². The zero-order valence-electron chi connectivity index (χ0n) is 14.6. The number of benzene rings is 1. The molecule has 0 heterocycles. The van der Waals surface area contributed by atoms with Crippen LogP contribution < -0.4 is 5.32 Å². The quantitative estimate of drug-likeness (QED) is 0.505. The molecule has 0 spiro atoms. The highest BCUT2D eigenvalue weighted by Crippen LogP contribution is 2.30. The van der Waals surface area contributed by atoms with Gasteiger partial charge in [-0.3, -0.25) is 0 Å². The van der Waals surface area contributed by atoms with Gasteiger partial charge in [-0.25, -0.2) is 0 Å². The molecule has 1 aromatic rings. The zero-order valence-corrected chi connectivity index (χ0v) is 16.1. The van der Waals surface area contributed by atoms with Crippen LogP contribution in [0.4, 0.5) is 0 Å². The summed E-state index contributed by atoms with van der Waals surface area (Å²) in [5.41, 5.74) is 2.83. The first-order valence-corrected chi connectivity index (χ1v) is 9.60. The maximum atomic E-state index is 9.87. The van der Waals surface area contributed by atoms with Gasteiger partial charge in [-0.2, -0.15) is 0 Å². The van der Waals surface area contributed by atoms with Gasteiger partial charge in [0.15, 0.2) is 0 Å². The molecule has 6 heteroatoms. The average Bonchev–Trinajstić information content (AvgIpc) is 2.60. The molecule has 4 nitrogen and oxygen atoms in total. The molecule has 1 aliphatic rings. The monoisotopic (exact) mass is 384 g/mol. The molecule has 0 aliphatic heterocycles. The van der Waals surface area contributed by atoms with Gasteiger partial charge < -0.3 is 15.3 Å². The molecule has 1 fully saturated rings. The minimum absolute atomic E-state index is 0.181. The summed E-state index contributed by atoms with van der Waals surface area (Å²) in [6, 6.07) is 5.49. The Balaban J connectivity index is 2.01. The molecule has 138 valence electrons. The smallest absolute Gasteiger partial charge is 0.144 e. The zero-order chi connectivity index (χ0) is 18.1. The fraction of sp³-hybridized carbons (Fsp3) is 0.526. The van der Waals surface area contributed by atoms with Crippen LogP contribution in [0.15, 0.2) is 28.9 Å². The van der Waals surface area contributed by atoms with E-state index in [-0.39, 0.29) is 6.61 Å². The summed E-state index contributed by atoms with van der Waals surface area (Å²) >= 11 is 12.5. The van der Waals surface area contributed by atoms with Crippen molar-refractivity contribution < 1.29 is 9.94 Å². The molecule has 1 aliphatic carbocycles. The highest BCUT2D eigenvalue weighted by atomic mass is 35.5. The van der Waals surface area contributed by atoms with Gasteiger partial charge in [0.1, 0.15) is 12.7 Å². The second-order valence-corrected chi connectivity index (χ2v) is 7.02. The van der Waals surface area contributed by atoms with Gasteiger partial charge in [-0.15, -0.1) is 0 Å². The molecule has 1 saturated carbocycles.